The number of alkyl halides is 3. The average molecular weight is 510 g/mol. The maximum absolute atomic E-state index is 14.1. The number of hydrogen-bond acceptors (Lipinski definition) is 4. The molecule has 1 aromatic carbocycles. The zero-order chi connectivity index (χ0) is 26.3. The third kappa shape index (κ3) is 6.03. The van der Waals surface area contributed by atoms with Gasteiger partial charge in [0.25, 0.3) is 0 Å². The van der Waals surface area contributed by atoms with Crippen molar-refractivity contribution in [2.45, 2.75) is 76.6 Å². The first-order valence-electron chi connectivity index (χ1n) is 11.8. The van der Waals surface area contributed by atoms with Gasteiger partial charge in [-0.1, -0.05) is 6.07 Å². The van der Waals surface area contributed by atoms with Gasteiger partial charge in [0.05, 0.1) is 22.3 Å². The molecule has 2 N–H and O–H groups in total. The summed E-state index contributed by atoms with van der Waals surface area (Å²) in [6, 6.07) is 6.99. The second kappa shape index (κ2) is 9.80. The number of nitrogens with zero attached hydrogens (tertiary/aromatic N) is 2. The van der Waals surface area contributed by atoms with Crippen LogP contribution in [-0.4, -0.2) is 27.1 Å². The number of aromatic nitrogens is 2. The molecule has 0 saturated heterocycles. The number of hydrogen-bond donors (Lipinski definition) is 1. The fourth-order valence-corrected chi connectivity index (χ4v) is 4.19. The highest BCUT2D eigenvalue weighted by molar-refractivity contribution is 6.04. The molecule has 0 radical (unpaired) electrons. The highest BCUT2D eigenvalue weighted by Gasteiger charge is 2.35. The molecule has 194 valence electrons. The van der Waals surface area contributed by atoms with Crippen molar-refractivity contribution in [3.8, 4) is 5.88 Å². The molecule has 1 unspecified atom stereocenters. The molecular formula is C26H28F5N3O2. The van der Waals surface area contributed by atoms with Crippen LogP contribution in [0.15, 0.2) is 30.3 Å². The minimum absolute atomic E-state index is 0.0312. The van der Waals surface area contributed by atoms with Crippen molar-refractivity contribution in [3.05, 3.63) is 64.4 Å². The summed E-state index contributed by atoms with van der Waals surface area (Å²) in [5, 5.41) is 4.61. The second-order valence-corrected chi connectivity index (χ2v) is 9.88. The second-order valence-electron chi connectivity index (χ2n) is 9.88. The maximum atomic E-state index is 14.1. The number of ketones is 1. The molecule has 0 spiro atoms. The van der Waals surface area contributed by atoms with Crippen molar-refractivity contribution in [1.82, 2.24) is 9.61 Å². The van der Waals surface area contributed by atoms with E-state index in [2.05, 4.69) is 5.10 Å². The highest BCUT2D eigenvalue weighted by atomic mass is 19.4. The summed E-state index contributed by atoms with van der Waals surface area (Å²) in [4.78, 5) is 13.3. The van der Waals surface area contributed by atoms with Gasteiger partial charge in [0.2, 0.25) is 5.88 Å². The van der Waals surface area contributed by atoms with E-state index in [1.165, 1.54) is 17.5 Å². The minimum Gasteiger partial charge on any atom is -0.473 e. The summed E-state index contributed by atoms with van der Waals surface area (Å²) in [5.41, 5.74) is 6.92. The molecule has 1 atom stereocenters. The lowest BCUT2D eigenvalue weighted by molar-refractivity contribution is -0.138. The molecule has 2 heterocycles. The fraction of sp³-hybridized carbons (Fsp3) is 0.462. The Labute approximate surface area is 205 Å². The molecule has 0 amide bonds. The number of rotatable bonds is 10. The SMILES string of the molecule is Cc1cc(OCc2c(F)cccc2F)n2nc(C3CC3)c(C(=O)CCC(C)(N)CCC(F)(F)F)c2c1. The summed E-state index contributed by atoms with van der Waals surface area (Å²) in [6.45, 7) is 2.94. The first-order chi connectivity index (χ1) is 16.8. The molecule has 2 aromatic heterocycles. The number of carbonyl (C=O) groups is 1. The van der Waals surface area contributed by atoms with Crippen molar-refractivity contribution in [2.24, 2.45) is 5.73 Å². The van der Waals surface area contributed by atoms with E-state index in [9.17, 15) is 26.7 Å². The number of Topliss-reactive ketones (excluding diaryl/α,β-unsaturated/α-hetero) is 1. The van der Waals surface area contributed by atoms with Crippen LogP contribution in [0, 0.1) is 18.6 Å². The van der Waals surface area contributed by atoms with E-state index >= 15 is 0 Å². The number of fused-ring (bicyclic) bond motifs is 1. The van der Waals surface area contributed by atoms with Gasteiger partial charge < -0.3 is 10.5 Å². The number of aryl methyl sites for hydroxylation is 1. The summed E-state index contributed by atoms with van der Waals surface area (Å²) in [7, 11) is 0. The molecule has 1 aliphatic carbocycles. The van der Waals surface area contributed by atoms with Crippen LogP contribution >= 0.6 is 0 Å². The van der Waals surface area contributed by atoms with Gasteiger partial charge in [0.1, 0.15) is 18.2 Å². The molecule has 1 fully saturated rings. The van der Waals surface area contributed by atoms with Gasteiger partial charge in [-0.2, -0.15) is 18.3 Å². The van der Waals surface area contributed by atoms with Crippen LogP contribution in [0.2, 0.25) is 0 Å². The first-order valence-corrected chi connectivity index (χ1v) is 11.8. The molecule has 10 heteroatoms. The normalized spacial score (nSPS) is 15.8. The summed E-state index contributed by atoms with van der Waals surface area (Å²) in [5.74, 6) is -1.40. The molecule has 0 bridgehead atoms. The lowest BCUT2D eigenvalue weighted by Crippen LogP contribution is -2.37. The van der Waals surface area contributed by atoms with Crippen LogP contribution in [0.25, 0.3) is 5.52 Å². The molecule has 0 aliphatic heterocycles. The summed E-state index contributed by atoms with van der Waals surface area (Å²) >= 11 is 0. The predicted molar refractivity (Wildman–Crippen MR) is 124 cm³/mol. The van der Waals surface area contributed by atoms with Crippen molar-refractivity contribution in [3.63, 3.8) is 0 Å². The number of pyridine rings is 1. The quantitative estimate of drug-likeness (QED) is 0.254. The monoisotopic (exact) mass is 509 g/mol. The van der Waals surface area contributed by atoms with Crippen LogP contribution in [0.4, 0.5) is 22.0 Å². The van der Waals surface area contributed by atoms with Crippen LogP contribution < -0.4 is 10.5 Å². The first kappa shape index (κ1) is 26.1. The lowest BCUT2D eigenvalue weighted by Gasteiger charge is -2.25. The molecule has 36 heavy (non-hydrogen) atoms. The van der Waals surface area contributed by atoms with E-state index in [4.69, 9.17) is 10.5 Å². The number of benzene rings is 1. The van der Waals surface area contributed by atoms with Crippen LogP contribution in [-0.2, 0) is 6.61 Å². The molecule has 3 aromatic rings. The van der Waals surface area contributed by atoms with E-state index in [1.807, 2.05) is 0 Å². The van der Waals surface area contributed by atoms with Gasteiger partial charge in [-0.15, -0.1) is 0 Å². The smallest absolute Gasteiger partial charge is 0.389 e. The van der Waals surface area contributed by atoms with Gasteiger partial charge in [-0.25, -0.2) is 13.3 Å². The molecule has 1 aliphatic rings. The standard InChI is InChI=1S/C26H28F5N3O2/c1-15-12-20-23(21(35)8-9-25(2,32)10-11-26(29,30)31)24(16-6-7-16)33-34(20)22(13-15)36-14-17-18(27)4-3-5-19(17)28/h3-5,12-13,16H,6-11,14,32H2,1-2H3. The number of nitrogens with two attached hydrogens (primary N) is 1. The van der Waals surface area contributed by atoms with Crippen LogP contribution in [0.5, 0.6) is 5.88 Å². The fourth-order valence-electron chi connectivity index (χ4n) is 4.19. The largest absolute Gasteiger partial charge is 0.473 e. The van der Waals surface area contributed by atoms with Gasteiger partial charge in [0, 0.05) is 30.4 Å². The average Bonchev–Trinajstić information content (AvgIpc) is 3.56. The van der Waals surface area contributed by atoms with Crippen molar-refractivity contribution >= 4 is 11.3 Å². The third-order valence-electron chi connectivity index (χ3n) is 6.44. The highest BCUT2D eigenvalue weighted by Crippen LogP contribution is 2.43. The summed E-state index contributed by atoms with van der Waals surface area (Å²) in [6.07, 6.45) is -3.83. The van der Waals surface area contributed by atoms with E-state index in [-0.39, 0.29) is 49.0 Å². The van der Waals surface area contributed by atoms with Gasteiger partial charge in [-0.05, 0) is 63.3 Å². The topological polar surface area (TPSA) is 69.6 Å². The number of carbonyl (C=O) groups excluding carboxylic acids is 1. The lowest BCUT2D eigenvalue weighted by atomic mass is 9.89. The van der Waals surface area contributed by atoms with Crippen molar-refractivity contribution in [2.75, 3.05) is 0 Å². The molecule has 4 rings (SSSR count). The predicted octanol–water partition coefficient (Wildman–Crippen LogP) is 6.40. The van der Waals surface area contributed by atoms with Gasteiger partial charge >= 0.3 is 6.18 Å². The van der Waals surface area contributed by atoms with Crippen LogP contribution in [0.1, 0.15) is 78.5 Å². The van der Waals surface area contributed by atoms with E-state index in [0.717, 1.165) is 30.5 Å². The Morgan fingerprint density at radius 1 is 1.14 bits per heavy atom. The van der Waals surface area contributed by atoms with Gasteiger partial charge in [-0.3, -0.25) is 4.79 Å². The minimum atomic E-state index is -4.31. The molecule has 5 nitrogen and oxygen atoms in total. The Bertz CT molecular complexity index is 1260. The van der Waals surface area contributed by atoms with E-state index in [1.54, 1.807) is 19.1 Å². The van der Waals surface area contributed by atoms with Gasteiger partial charge in [0.15, 0.2) is 5.78 Å². The number of halogens is 5. The van der Waals surface area contributed by atoms with Crippen molar-refractivity contribution < 1.29 is 31.5 Å². The Hall–Kier alpha value is -3.01. The van der Waals surface area contributed by atoms with Crippen LogP contribution in [0.3, 0.4) is 0 Å². The summed E-state index contributed by atoms with van der Waals surface area (Å²) < 4.78 is 73.3. The Morgan fingerprint density at radius 2 is 1.81 bits per heavy atom. The van der Waals surface area contributed by atoms with E-state index in [0.29, 0.717) is 16.8 Å². The number of ether oxygens (including phenoxy) is 1. The van der Waals surface area contributed by atoms with E-state index < -0.39 is 29.8 Å². The Kier molecular flexibility index (Phi) is 7.10. The zero-order valence-corrected chi connectivity index (χ0v) is 20.1. The third-order valence-corrected chi connectivity index (χ3v) is 6.44. The maximum Gasteiger partial charge on any atom is 0.389 e. The Balaban J connectivity index is 1.61. The molecular weight excluding hydrogens is 481 g/mol. The Morgan fingerprint density at radius 3 is 2.42 bits per heavy atom. The zero-order valence-electron chi connectivity index (χ0n) is 20.1. The molecule has 1 saturated carbocycles. The van der Waals surface area contributed by atoms with Crippen molar-refractivity contribution in [1.29, 1.82) is 0 Å².